The number of amidine groups is 1. The van der Waals surface area contributed by atoms with Crippen molar-refractivity contribution in [2.45, 2.75) is 64.2 Å². The maximum absolute atomic E-state index is 12.4. The Kier molecular flexibility index (Phi) is 5.26. The predicted octanol–water partition coefficient (Wildman–Crippen LogP) is 2.38. The van der Waals surface area contributed by atoms with Crippen LogP contribution in [0.25, 0.3) is 0 Å². The van der Waals surface area contributed by atoms with Crippen LogP contribution in [-0.2, 0) is 4.79 Å². The van der Waals surface area contributed by atoms with Gasteiger partial charge in [-0.05, 0) is 25.2 Å². The fourth-order valence-electron chi connectivity index (χ4n) is 3.71. The molecular formula is C15H27N3O2. The molecule has 5 nitrogen and oxygen atoms in total. The van der Waals surface area contributed by atoms with Crippen molar-refractivity contribution in [2.24, 2.45) is 22.2 Å². The second kappa shape index (κ2) is 6.95. The highest BCUT2D eigenvalue weighted by atomic mass is 16.4. The zero-order valence-corrected chi connectivity index (χ0v) is 12.2. The SMILES string of the molecule is NC(=NO)C1(C(=O)NCCC2CCCCC2)CCCC1. The largest absolute Gasteiger partial charge is 0.409 e. The standard InChI is InChI=1S/C15H27N3O2/c16-13(18-20)15(9-4-5-10-15)14(19)17-11-8-12-6-2-1-3-7-12/h12,20H,1-11H2,(H2,16,18)(H,17,19). The molecule has 4 N–H and O–H groups in total. The number of carbonyl (C=O) groups is 1. The molecule has 20 heavy (non-hydrogen) atoms. The third kappa shape index (κ3) is 3.25. The van der Waals surface area contributed by atoms with Crippen LogP contribution in [0.1, 0.15) is 64.2 Å². The maximum Gasteiger partial charge on any atom is 0.233 e. The van der Waals surface area contributed by atoms with Crippen LogP contribution in [-0.4, -0.2) is 23.5 Å². The number of nitrogens with zero attached hydrogens (tertiary/aromatic N) is 1. The summed E-state index contributed by atoms with van der Waals surface area (Å²) >= 11 is 0. The molecule has 0 radical (unpaired) electrons. The lowest BCUT2D eigenvalue weighted by Gasteiger charge is -2.27. The molecule has 0 spiro atoms. The van der Waals surface area contributed by atoms with Gasteiger partial charge in [0.05, 0.1) is 0 Å². The van der Waals surface area contributed by atoms with Gasteiger partial charge in [-0.15, -0.1) is 0 Å². The Labute approximate surface area is 121 Å². The minimum atomic E-state index is -0.763. The van der Waals surface area contributed by atoms with Crippen molar-refractivity contribution < 1.29 is 10.0 Å². The summed E-state index contributed by atoms with van der Waals surface area (Å²) in [5.74, 6) is 0.777. The second-order valence-electron chi connectivity index (χ2n) is 6.32. The quantitative estimate of drug-likeness (QED) is 0.313. The smallest absolute Gasteiger partial charge is 0.233 e. The van der Waals surface area contributed by atoms with Crippen molar-refractivity contribution >= 4 is 11.7 Å². The van der Waals surface area contributed by atoms with E-state index in [0.29, 0.717) is 19.4 Å². The van der Waals surface area contributed by atoms with Crippen LogP contribution in [0.4, 0.5) is 0 Å². The molecule has 0 atom stereocenters. The Hall–Kier alpha value is -1.26. The summed E-state index contributed by atoms with van der Waals surface area (Å²) in [5.41, 5.74) is 5.01. The number of carbonyl (C=O) groups excluding carboxylic acids is 1. The third-order valence-electron chi connectivity index (χ3n) is 5.05. The average Bonchev–Trinajstić information content (AvgIpc) is 2.98. The monoisotopic (exact) mass is 281 g/mol. The van der Waals surface area contributed by atoms with E-state index in [1.807, 2.05) is 0 Å². The molecule has 2 aliphatic rings. The lowest BCUT2D eigenvalue weighted by Crippen LogP contribution is -2.48. The van der Waals surface area contributed by atoms with Crippen LogP contribution >= 0.6 is 0 Å². The molecule has 2 rings (SSSR count). The molecule has 2 saturated carbocycles. The van der Waals surface area contributed by atoms with Crippen molar-refractivity contribution in [2.75, 3.05) is 6.54 Å². The van der Waals surface area contributed by atoms with Gasteiger partial charge in [-0.1, -0.05) is 50.1 Å². The first-order valence-electron chi connectivity index (χ1n) is 7.95. The summed E-state index contributed by atoms with van der Waals surface area (Å²) in [5, 5.41) is 15.0. The van der Waals surface area contributed by atoms with Crippen molar-refractivity contribution in [1.29, 1.82) is 0 Å². The molecule has 0 aromatic heterocycles. The van der Waals surface area contributed by atoms with E-state index in [-0.39, 0.29) is 11.7 Å². The van der Waals surface area contributed by atoms with E-state index in [2.05, 4.69) is 10.5 Å². The summed E-state index contributed by atoms with van der Waals surface area (Å²) < 4.78 is 0. The van der Waals surface area contributed by atoms with E-state index < -0.39 is 5.41 Å². The molecule has 0 unspecified atom stereocenters. The highest BCUT2D eigenvalue weighted by Gasteiger charge is 2.45. The Balaban J connectivity index is 1.83. The summed E-state index contributed by atoms with van der Waals surface area (Å²) in [6.07, 6.45) is 11.0. The van der Waals surface area contributed by atoms with Gasteiger partial charge in [0.2, 0.25) is 5.91 Å². The third-order valence-corrected chi connectivity index (χ3v) is 5.05. The lowest BCUT2D eigenvalue weighted by atomic mass is 9.83. The maximum atomic E-state index is 12.4. The normalized spacial score (nSPS) is 23.7. The van der Waals surface area contributed by atoms with Crippen molar-refractivity contribution in [3.63, 3.8) is 0 Å². The van der Waals surface area contributed by atoms with E-state index in [4.69, 9.17) is 10.9 Å². The van der Waals surface area contributed by atoms with Gasteiger partial charge >= 0.3 is 0 Å². The van der Waals surface area contributed by atoms with Gasteiger partial charge in [0.1, 0.15) is 5.41 Å². The highest BCUT2D eigenvalue weighted by molar-refractivity contribution is 6.07. The van der Waals surface area contributed by atoms with Gasteiger partial charge in [0.15, 0.2) is 5.84 Å². The highest BCUT2D eigenvalue weighted by Crippen LogP contribution is 2.38. The van der Waals surface area contributed by atoms with E-state index in [9.17, 15) is 4.79 Å². The first-order chi connectivity index (χ1) is 9.69. The number of nitrogens with one attached hydrogen (secondary N) is 1. The summed E-state index contributed by atoms with van der Waals surface area (Å²) in [6, 6.07) is 0. The van der Waals surface area contributed by atoms with Crippen LogP contribution < -0.4 is 11.1 Å². The Morgan fingerprint density at radius 1 is 1.20 bits per heavy atom. The van der Waals surface area contributed by atoms with Crippen LogP contribution in [0.5, 0.6) is 0 Å². The molecule has 0 saturated heterocycles. The molecule has 1 amide bonds. The first-order valence-corrected chi connectivity index (χ1v) is 7.95. The topological polar surface area (TPSA) is 87.7 Å². The van der Waals surface area contributed by atoms with E-state index in [0.717, 1.165) is 25.2 Å². The summed E-state index contributed by atoms with van der Waals surface area (Å²) in [4.78, 5) is 12.4. The number of oxime groups is 1. The second-order valence-corrected chi connectivity index (χ2v) is 6.32. The molecule has 5 heteroatoms. The average molecular weight is 281 g/mol. The number of hydrogen-bond donors (Lipinski definition) is 3. The molecule has 0 bridgehead atoms. The first kappa shape index (κ1) is 15.1. The predicted molar refractivity (Wildman–Crippen MR) is 78.5 cm³/mol. The molecule has 0 aromatic rings. The fraction of sp³-hybridized carbons (Fsp3) is 0.867. The summed E-state index contributed by atoms with van der Waals surface area (Å²) in [7, 11) is 0. The van der Waals surface area contributed by atoms with Gasteiger partial charge in [-0.3, -0.25) is 4.79 Å². The van der Waals surface area contributed by atoms with E-state index in [1.165, 1.54) is 32.1 Å². The molecule has 0 aliphatic heterocycles. The van der Waals surface area contributed by atoms with Gasteiger partial charge in [0, 0.05) is 6.54 Å². The minimum Gasteiger partial charge on any atom is -0.409 e. The minimum absolute atomic E-state index is 0.0545. The van der Waals surface area contributed by atoms with Crippen molar-refractivity contribution in [3.05, 3.63) is 0 Å². The van der Waals surface area contributed by atoms with E-state index in [1.54, 1.807) is 0 Å². The number of amides is 1. The van der Waals surface area contributed by atoms with Gasteiger partial charge < -0.3 is 16.3 Å². The Bertz CT molecular complexity index is 356. The zero-order valence-electron chi connectivity index (χ0n) is 12.2. The molecule has 114 valence electrons. The van der Waals surface area contributed by atoms with Gasteiger partial charge in [0.25, 0.3) is 0 Å². The molecule has 0 aromatic carbocycles. The number of rotatable bonds is 5. The molecule has 2 fully saturated rings. The van der Waals surface area contributed by atoms with Crippen LogP contribution in [0.2, 0.25) is 0 Å². The van der Waals surface area contributed by atoms with Crippen LogP contribution in [0, 0.1) is 11.3 Å². The van der Waals surface area contributed by atoms with Gasteiger partial charge in [-0.25, -0.2) is 0 Å². The number of nitrogens with two attached hydrogens (primary N) is 1. The summed E-state index contributed by atoms with van der Waals surface area (Å²) in [6.45, 7) is 0.712. The zero-order chi connectivity index (χ0) is 14.4. The fourth-order valence-corrected chi connectivity index (χ4v) is 3.71. The van der Waals surface area contributed by atoms with Crippen LogP contribution in [0.15, 0.2) is 5.16 Å². The van der Waals surface area contributed by atoms with E-state index >= 15 is 0 Å². The van der Waals surface area contributed by atoms with Crippen molar-refractivity contribution in [1.82, 2.24) is 5.32 Å². The van der Waals surface area contributed by atoms with Gasteiger partial charge in [-0.2, -0.15) is 0 Å². The Morgan fingerprint density at radius 2 is 1.85 bits per heavy atom. The lowest BCUT2D eigenvalue weighted by molar-refractivity contribution is -0.127. The molecule has 2 aliphatic carbocycles. The van der Waals surface area contributed by atoms with Crippen LogP contribution in [0.3, 0.4) is 0 Å². The molecular weight excluding hydrogens is 254 g/mol. The number of hydrogen-bond acceptors (Lipinski definition) is 3. The Morgan fingerprint density at radius 3 is 2.45 bits per heavy atom. The molecule has 0 heterocycles. The van der Waals surface area contributed by atoms with Crippen molar-refractivity contribution in [3.8, 4) is 0 Å².